The third kappa shape index (κ3) is 10.0. The summed E-state index contributed by atoms with van der Waals surface area (Å²) in [5.41, 5.74) is 2.40. The summed E-state index contributed by atoms with van der Waals surface area (Å²) in [6.45, 7) is 4.47. The third-order valence-electron chi connectivity index (χ3n) is 5.87. The number of unbranched alkanes of at least 4 members (excludes halogenated alkanes) is 10. The molecular formula is C28H40O2S-2. The van der Waals surface area contributed by atoms with Gasteiger partial charge in [0.1, 0.15) is 0 Å². The van der Waals surface area contributed by atoms with Gasteiger partial charge in [-0.15, -0.1) is 0 Å². The van der Waals surface area contributed by atoms with Gasteiger partial charge in [0.2, 0.25) is 0 Å². The fraction of sp³-hybridized carbons (Fsp3) is 0.571. The van der Waals surface area contributed by atoms with Crippen molar-refractivity contribution in [3.63, 3.8) is 0 Å². The molecule has 0 radical (unpaired) electrons. The summed E-state index contributed by atoms with van der Waals surface area (Å²) < 4.78 is 0. The van der Waals surface area contributed by atoms with E-state index in [0.29, 0.717) is 9.79 Å². The van der Waals surface area contributed by atoms with E-state index in [-0.39, 0.29) is 11.5 Å². The van der Waals surface area contributed by atoms with Gasteiger partial charge in [-0.3, -0.25) is 0 Å². The Hall–Kier alpha value is -1.61. The van der Waals surface area contributed by atoms with E-state index in [2.05, 4.69) is 13.8 Å². The molecule has 0 spiro atoms. The molecule has 172 valence electrons. The lowest BCUT2D eigenvalue weighted by Crippen LogP contribution is -1.97. The molecule has 2 rings (SSSR count). The van der Waals surface area contributed by atoms with Crippen molar-refractivity contribution in [2.75, 3.05) is 0 Å². The van der Waals surface area contributed by atoms with Crippen LogP contribution in [0.15, 0.2) is 46.2 Å². The highest BCUT2D eigenvalue weighted by atomic mass is 32.2. The molecule has 2 aromatic carbocycles. The highest BCUT2D eigenvalue weighted by Crippen LogP contribution is 2.38. The lowest BCUT2D eigenvalue weighted by Gasteiger charge is -2.19. The van der Waals surface area contributed by atoms with Crippen molar-refractivity contribution in [2.45, 2.75) is 114 Å². The fourth-order valence-corrected chi connectivity index (χ4v) is 4.91. The summed E-state index contributed by atoms with van der Waals surface area (Å²) in [7, 11) is 0. The van der Waals surface area contributed by atoms with Gasteiger partial charge in [0.25, 0.3) is 0 Å². The number of rotatable bonds is 16. The number of benzene rings is 2. The minimum atomic E-state index is 0.0115. The summed E-state index contributed by atoms with van der Waals surface area (Å²) in [4.78, 5) is 1.36. The molecule has 0 fully saturated rings. The Bertz CT molecular complexity index is 693. The first-order valence-electron chi connectivity index (χ1n) is 12.4. The second-order valence-electron chi connectivity index (χ2n) is 8.70. The van der Waals surface area contributed by atoms with Crippen molar-refractivity contribution in [1.82, 2.24) is 0 Å². The van der Waals surface area contributed by atoms with Gasteiger partial charge in [0.05, 0.1) is 0 Å². The monoisotopic (exact) mass is 440 g/mol. The van der Waals surface area contributed by atoms with Crippen LogP contribution >= 0.6 is 11.8 Å². The lowest BCUT2D eigenvalue weighted by molar-refractivity contribution is -0.272. The van der Waals surface area contributed by atoms with Crippen LogP contribution in [0.5, 0.6) is 11.5 Å². The van der Waals surface area contributed by atoms with E-state index < -0.39 is 0 Å². The normalized spacial score (nSPS) is 11.2. The molecule has 31 heavy (non-hydrogen) atoms. The van der Waals surface area contributed by atoms with E-state index in [1.165, 1.54) is 87.1 Å². The smallest absolute Gasteiger partial charge is 0.00457 e. The Labute approximate surface area is 194 Å². The van der Waals surface area contributed by atoms with Gasteiger partial charge >= 0.3 is 0 Å². The molecule has 0 heterocycles. The zero-order valence-electron chi connectivity index (χ0n) is 19.6. The molecular weight excluding hydrogens is 400 g/mol. The van der Waals surface area contributed by atoms with E-state index in [4.69, 9.17) is 0 Å². The van der Waals surface area contributed by atoms with Crippen LogP contribution in [-0.2, 0) is 12.8 Å². The minimum absolute atomic E-state index is 0.0115. The molecule has 0 aliphatic heterocycles. The van der Waals surface area contributed by atoms with Crippen molar-refractivity contribution in [3.8, 4) is 11.5 Å². The highest BCUT2D eigenvalue weighted by Gasteiger charge is 2.05. The molecule has 0 N–H and O–H groups in total. The largest absolute Gasteiger partial charge is 0.872 e. The Morgan fingerprint density at radius 3 is 1.35 bits per heavy atom. The molecule has 2 nitrogen and oxygen atoms in total. The Balaban J connectivity index is 1.90. The number of hydrogen-bond acceptors (Lipinski definition) is 3. The maximum absolute atomic E-state index is 12.4. The first-order chi connectivity index (χ1) is 15.1. The van der Waals surface area contributed by atoms with Gasteiger partial charge in [-0.2, -0.15) is 0 Å². The molecule has 2 aromatic rings. The van der Waals surface area contributed by atoms with Crippen LogP contribution in [0, 0.1) is 0 Å². The van der Waals surface area contributed by atoms with Crippen LogP contribution in [0.4, 0.5) is 0 Å². The molecule has 3 heteroatoms. The maximum atomic E-state index is 12.4. The van der Waals surface area contributed by atoms with Crippen LogP contribution in [0.2, 0.25) is 0 Å². The van der Waals surface area contributed by atoms with Gasteiger partial charge in [-0.25, -0.2) is 0 Å². The van der Waals surface area contributed by atoms with E-state index in [1.54, 1.807) is 12.1 Å². The summed E-state index contributed by atoms with van der Waals surface area (Å²) >= 11 is 1.34. The fourth-order valence-electron chi connectivity index (χ4n) is 3.91. The van der Waals surface area contributed by atoms with Gasteiger partial charge in [-0.05, 0) is 48.9 Å². The average molecular weight is 441 g/mol. The second-order valence-corrected chi connectivity index (χ2v) is 9.78. The third-order valence-corrected chi connectivity index (χ3v) is 6.95. The zero-order valence-corrected chi connectivity index (χ0v) is 20.4. The quantitative estimate of drug-likeness (QED) is 0.250. The second kappa shape index (κ2) is 15.2. The van der Waals surface area contributed by atoms with Gasteiger partial charge in [0.15, 0.2) is 0 Å². The topological polar surface area (TPSA) is 46.1 Å². The standard InChI is InChI=1S/C28H42O2S/c1-3-5-7-9-11-13-15-23-17-19-25(29)27(21-23)31-28-22-24(18-20-26(28)30)16-14-12-10-8-6-4-2/h17-22,29-30H,3-16H2,1-2H3/p-2. The molecule has 0 unspecified atom stereocenters. The Morgan fingerprint density at radius 1 is 0.548 bits per heavy atom. The maximum Gasteiger partial charge on any atom is 0.00457 e. The van der Waals surface area contributed by atoms with Crippen molar-refractivity contribution in [2.24, 2.45) is 0 Å². The number of aryl methyl sites for hydroxylation is 2. The highest BCUT2D eigenvalue weighted by molar-refractivity contribution is 7.99. The zero-order chi connectivity index (χ0) is 22.3. The molecule has 0 bridgehead atoms. The van der Waals surface area contributed by atoms with Crippen molar-refractivity contribution in [1.29, 1.82) is 0 Å². The van der Waals surface area contributed by atoms with Crippen LogP contribution in [-0.4, -0.2) is 0 Å². The average Bonchev–Trinajstić information content (AvgIpc) is 2.77. The van der Waals surface area contributed by atoms with Gasteiger partial charge < -0.3 is 10.2 Å². The molecule has 0 aliphatic rings. The van der Waals surface area contributed by atoms with Crippen LogP contribution in [0.3, 0.4) is 0 Å². The first-order valence-corrected chi connectivity index (χ1v) is 13.2. The summed E-state index contributed by atoms with van der Waals surface area (Å²) in [5.74, 6) is 0.0230. The minimum Gasteiger partial charge on any atom is -0.872 e. The summed E-state index contributed by atoms with van der Waals surface area (Å²) in [6, 6.07) is 11.2. The van der Waals surface area contributed by atoms with E-state index in [0.717, 1.165) is 25.7 Å². The van der Waals surface area contributed by atoms with E-state index in [1.807, 2.05) is 24.3 Å². The van der Waals surface area contributed by atoms with Crippen LogP contribution in [0.1, 0.15) is 102 Å². The predicted octanol–water partition coefficient (Wildman–Crippen LogP) is 7.79. The molecule has 0 saturated carbocycles. The van der Waals surface area contributed by atoms with Crippen molar-refractivity contribution < 1.29 is 10.2 Å². The molecule has 0 aromatic heterocycles. The van der Waals surface area contributed by atoms with E-state index >= 15 is 0 Å². The van der Waals surface area contributed by atoms with E-state index in [9.17, 15) is 10.2 Å². The Morgan fingerprint density at radius 2 is 0.935 bits per heavy atom. The van der Waals surface area contributed by atoms with Crippen LogP contribution < -0.4 is 10.2 Å². The van der Waals surface area contributed by atoms with Gasteiger partial charge in [-0.1, -0.05) is 126 Å². The van der Waals surface area contributed by atoms with Crippen molar-refractivity contribution >= 4 is 11.8 Å². The molecule has 0 aliphatic carbocycles. The summed E-state index contributed by atoms with van der Waals surface area (Å²) in [5, 5.41) is 24.8. The summed E-state index contributed by atoms with van der Waals surface area (Å²) in [6.07, 6.45) is 17.2. The van der Waals surface area contributed by atoms with Crippen molar-refractivity contribution in [3.05, 3.63) is 47.5 Å². The molecule has 0 amide bonds. The number of hydrogen-bond donors (Lipinski definition) is 0. The van der Waals surface area contributed by atoms with Crippen LogP contribution in [0.25, 0.3) is 0 Å². The first kappa shape index (κ1) is 25.6. The SMILES string of the molecule is CCCCCCCCc1ccc([O-])c(Sc2cc(CCCCCCCC)ccc2[O-])c1. The Kier molecular flexibility index (Phi) is 12.6. The van der Waals surface area contributed by atoms with Gasteiger partial charge in [0, 0.05) is 9.79 Å². The lowest BCUT2D eigenvalue weighted by atomic mass is 10.0. The molecule has 0 atom stereocenters. The molecule has 0 saturated heterocycles. The predicted molar refractivity (Wildman–Crippen MR) is 130 cm³/mol.